The highest BCUT2D eigenvalue weighted by Crippen LogP contribution is 2.27. The molecule has 2 aromatic carbocycles. The largest absolute Gasteiger partial charge is 0.497 e. The predicted molar refractivity (Wildman–Crippen MR) is 78.4 cm³/mol. The summed E-state index contributed by atoms with van der Waals surface area (Å²) in [6, 6.07) is 11.7. The quantitative estimate of drug-likeness (QED) is 0.670. The number of ether oxygens (including phenoxy) is 1. The maximum absolute atomic E-state index is 11.7. The lowest BCUT2D eigenvalue weighted by molar-refractivity contribution is -0.291. The van der Waals surface area contributed by atoms with Crippen molar-refractivity contribution in [1.82, 2.24) is 5.23 Å². The monoisotopic (exact) mass is 289 g/mol. The molecule has 0 unspecified atom stereocenters. The van der Waals surface area contributed by atoms with E-state index in [-0.39, 0.29) is 5.23 Å². The van der Waals surface area contributed by atoms with E-state index in [9.17, 15) is 4.79 Å². The highest BCUT2D eigenvalue weighted by atomic mass is 16.8. The van der Waals surface area contributed by atoms with E-state index in [2.05, 4.69) is 0 Å². The molecule has 112 valence electrons. The first kappa shape index (κ1) is 15.3. The number of carbonyl (C=O) groups excluding carboxylic acids is 1. The zero-order valence-corrected chi connectivity index (χ0v) is 12.3. The minimum Gasteiger partial charge on any atom is -0.497 e. The summed E-state index contributed by atoms with van der Waals surface area (Å²) in [5.74, 6) is 0.0549. The summed E-state index contributed by atoms with van der Waals surface area (Å²) in [7, 11) is 1.62. The summed E-state index contributed by atoms with van der Waals surface area (Å²) >= 11 is 0. The molecular weight excluding hydrogens is 270 g/mol. The van der Waals surface area contributed by atoms with Gasteiger partial charge in [-0.05, 0) is 34.9 Å². The van der Waals surface area contributed by atoms with Crippen molar-refractivity contribution in [2.45, 2.75) is 20.3 Å². The van der Waals surface area contributed by atoms with Crippen molar-refractivity contribution < 1.29 is 19.9 Å². The zero-order valence-electron chi connectivity index (χ0n) is 12.3. The summed E-state index contributed by atoms with van der Waals surface area (Å²) in [4.78, 5) is 11.7. The van der Waals surface area contributed by atoms with Crippen LogP contribution in [0.15, 0.2) is 36.4 Å². The molecule has 0 spiro atoms. The van der Waals surface area contributed by atoms with Crippen LogP contribution in [-0.4, -0.2) is 28.7 Å². The molecule has 0 saturated carbocycles. The van der Waals surface area contributed by atoms with Gasteiger partial charge in [0.15, 0.2) is 0 Å². The second-order valence-electron chi connectivity index (χ2n) is 5.70. The lowest BCUT2D eigenvalue weighted by Gasteiger charge is -2.24. The lowest BCUT2D eigenvalue weighted by atomic mass is 9.84. The predicted octanol–water partition coefficient (Wildman–Crippen LogP) is 3.02. The van der Waals surface area contributed by atoms with Crippen molar-refractivity contribution in [1.29, 1.82) is 0 Å². The molecule has 0 aromatic heterocycles. The third kappa shape index (κ3) is 3.32. The van der Waals surface area contributed by atoms with Gasteiger partial charge >= 0.3 is 0 Å². The van der Waals surface area contributed by atoms with Crippen LogP contribution >= 0.6 is 0 Å². The number of hydrogen-bond donors (Lipinski definition) is 2. The Morgan fingerprint density at radius 1 is 1.14 bits per heavy atom. The van der Waals surface area contributed by atoms with Gasteiger partial charge in [0, 0.05) is 0 Å². The minimum atomic E-state index is -0.899. The van der Waals surface area contributed by atoms with Crippen LogP contribution in [0.5, 0.6) is 5.75 Å². The molecule has 21 heavy (non-hydrogen) atoms. The molecule has 0 aliphatic carbocycles. The number of hydrogen-bond acceptors (Lipinski definition) is 4. The number of nitrogens with zero attached hydrogens (tertiary/aromatic N) is 1. The van der Waals surface area contributed by atoms with Crippen LogP contribution in [0.4, 0.5) is 0 Å². The van der Waals surface area contributed by atoms with Crippen LogP contribution in [0.1, 0.15) is 19.4 Å². The Balaban J connectivity index is 2.29. The summed E-state index contributed by atoms with van der Waals surface area (Å²) in [6.07, 6.45) is 0.408. The maximum atomic E-state index is 11.7. The van der Waals surface area contributed by atoms with Gasteiger partial charge in [-0.3, -0.25) is 15.2 Å². The molecule has 0 atom stereocenters. The van der Waals surface area contributed by atoms with E-state index in [1.54, 1.807) is 21.0 Å². The van der Waals surface area contributed by atoms with Crippen molar-refractivity contribution in [3.63, 3.8) is 0 Å². The Bertz CT molecular complexity index is 664. The third-order valence-corrected chi connectivity index (χ3v) is 3.52. The van der Waals surface area contributed by atoms with E-state index in [0.29, 0.717) is 6.42 Å². The van der Waals surface area contributed by atoms with Crippen molar-refractivity contribution >= 4 is 16.7 Å². The second kappa shape index (κ2) is 5.71. The van der Waals surface area contributed by atoms with E-state index < -0.39 is 11.3 Å². The topological polar surface area (TPSA) is 70.0 Å². The fourth-order valence-electron chi connectivity index (χ4n) is 2.37. The van der Waals surface area contributed by atoms with E-state index in [1.807, 2.05) is 36.4 Å². The van der Waals surface area contributed by atoms with Crippen LogP contribution in [0.3, 0.4) is 0 Å². The van der Waals surface area contributed by atoms with Crippen LogP contribution in [0, 0.1) is 5.41 Å². The molecule has 5 heteroatoms. The standard InChI is InChI=1S/C16H19NO4/c1-16(2,15(18)17(19)20)10-11-4-5-13-9-14(21-3)7-6-12(13)8-11/h4-9,19-20H,10H2,1-3H3. The van der Waals surface area contributed by atoms with Crippen molar-refractivity contribution in [2.75, 3.05) is 7.11 Å². The molecule has 1 amide bonds. The van der Waals surface area contributed by atoms with Crippen LogP contribution in [0.2, 0.25) is 0 Å². The van der Waals surface area contributed by atoms with Gasteiger partial charge in [0.1, 0.15) is 5.75 Å². The fourth-order valence-corrected chi connectivity index (χ4v) is 2.37. The average molecular weight is 289 g/mol. The van der Waals surface area contributed by atoms with Gasteiger partial charge in [-0.1, -0.05) is 43.3 Å². The third-order valence-electron chi connectivity index (χ3n) is 3.52. The molecular formula is C16H19NO4. The van der Waals surface area contributed by atoms with Gasteiger partial charge in [-0.15, -0.1) is 0 Å². The van der Waals surface area contributed by atoms with Gasteiger partial charge in [-0.2, -0.15) is 0 Å². The lowest BCUT2D eigenvalue weighted by Crippen LogP contribution is -2.38. The number of benzene rings is 2. The van der Waals surface area contributed by atoms with Gasteiger partial charge in [0.2, 0.25) is 0 Å². The number of methoxy groups -OCH3 is 1. The molecule has 0 fully saturated rings. The summed E-state index contributed by atoms with van der Waals surface area (Å²) in [6.45, 7) is 3.35. The van der Waals surface area contributed by atoms with Gasteiger partial charge in [0.25, 0.3) is 5.91 Å². The number of carbonyl (C=O) groups is 1. The molecule has 5 nitrogen and oxygen atoms in total. The smallest absolute Gasteiger partial charge is 0.278 e. The van der Waals surface area contributed by atoms with Crippen molar-refractivity contribution in [2.24, 2.45) is 5.41 Å². The van der Waals surface area contributed by atoms with Crippen LogP contribution in [0.25, 0.3) is 10.8 Å². The zero-order chi connectivity index (χ0) is 15.6. The number of fused-ring (bicyclic) bond motifs is 1. The molecule has 2 rings (SSSR count). The van der Waals surface area contributed by atoms with E-state index in [4.69, 9.17) is 15.2 Å². The first-order valence-corrected chi connectivity index (χ1v) is 6.62. The average Bonchev–Trinajstić information content (AvgIpc) is 2.45. The molecule has 0 saturated heterocycles. The Morgan fingerprint density at radius 2 is 1.76 bits per heavy atom. The number of hydroxylamine groups is 2. The first-order chi connectivity index (χ1) is 9.83. The summed E-state index contributed by atoms with van der Waals surface area (Å²) < 4.78 is 5.19. The van der Waals surface area contributed by atoms with Gasteiger partial charge < -0.3 is 4.74 Å². The maximum Gasteiger partial charge on any atom is 0.278 e. The van der Waals surface area contributed by atoms with Crippen LogP contribution < -0.4 is 4.74 Å². The Morgan fingerprint density at radius 3 is 2.38 bits per heavy atom. The molecule has 0 bridgehead atoms. The minimum absolute atomic E-state index is 0.341. The molecule has 2 N–H and O–H groups in total. The summed E-state index contributed by atoms with van der Waals surface area (Å²) in [5, 5.41) is 19.5. The second-order valence-corrected chi connectivity index (χ2v) is 5.70. The van der Waals surface area contributed by atoms with Crippen molar-refractivity contribution in [3.05, 3.63) is 42.0 Å². The first-order valence-electron chi connectivity index (χ1n) is 6.62. The van der Waals surface area contributed by atoms with E-state index in [0.717, 1.165) is 22.1 Å². The SMILES string of the molecule is COc1ccc2cc(CC(C)(C)C(=O)N(O)O)ccc2c1. The number of amides is 1. The fraction of sp³-hybridized carbons (Fsp3) is 0.312. The number of rotatable bonds is 4. The molecule has 0 aliphatic rings. The van der Waals surface area contributed by atoms with Crippen molar-refractivity contribution in [3.8, 4) is 5.75 Å². The molecule has 0 radical (unpaired) electrons. The Labute approximate surface area is 123 Å². The normalized spacial score (nSPS) is 11.5. The Hall–Kier alpha value is -2.11. The molecule has 2 aromatic rings. The van der Waals surface area contributed by atoms with E-state index in [1.165, 1.54) is 0 Å². The Kier molecular flexibility index (Phi) is 4.16. The summed E-state index contributed by atoms with van der Waals surface area (Å²) in [5.41, 5.74) is 0.0526. The highest BCUT2D eigenvalue weighted by molar-refractivity contribution is 5.85. The van der Waals surface area contributed by atoms with Gasteiger partial charge in [0.05, 0.1) is 12.5 Å². The van der Waals surface area contributed by atoms with Gasteiger partial charge in [-0.25, -0.2) is 0 Å². The molecule has 0 heterocycles. The molecule has 0 aliphatic heterocycles. The van der Waals surface area contributed by atoms with Crippen LogP contribution in [-0.2, 0) is 11.2 Å². The van der Waals surface area contributed by atoms with E-state index >= 15 is 0 Å². The highest BCUT2D eigenvalue weighted by Gasteiger charge is 2.31.